The number of benzene rings is 1. The van der Waals surface area contributed by atoms with E-state index in [9.17, 15) is 14.9 Å². The summed E-state index contributed by atoms with van der Waals surface area (Å²) in [6.07, 6.45) is 0. The highest BCUT2D eigenvalue weighted by Crippen LogP contribution is 2.30. The lowest BCUT2D eigenvalue weighted by Gasteiger charge is -2.28. The SMILES string of the molecule is CC1NC(=O)c2cc([N+](=O)[O-])ccc2C1C. The smallest absolute Gasteiger partial charge is 0.270 e. The first-order valence-electron chi connectivity index (χ1n) is 5.10. The minimum atomic E-state index is -0.490. The molecular weight excluding hydrogens is 208 g/mol. The third-order valence-corrected chi connectivity index (χ3v) is 3.09. The molecule has 0 spiro atoms. The maximum absolute atomic E-state index is 11.7. The summed E-state index contributed by atoms with van der Waals surface area (Å²) < 4.78 is 0. The number of non-ortho nitro benzene ring substituents is 1. The maximum Gasteiger partial charge on any atom is 0.270 e. The van der Waals surface area contributed by atoms with Gasteiger partial charge in [0.05, 0.1) is 4.92 Å². The second kappa shape index (κ2) is 3.59. The van der Waals surface area contributed by atoms with Crippen LogP contribution in [-0.4, -0.2) is 16.9 Å². The summed E-state index contributed by atoms with van der Waals surface area (Å²) in [6, 6.07) is 4.52. The predicted molar refractivity (Wildman–Crippen MR) is 58.4 cm³/mol. The Labute approximate surface area is 92.6 Å². The molecule has 2 unspecified atom stereocenters. The second-order valence-electron chi connectivity index (χ2n) is 4.08. The Kier molecular flexibility index (Phi) is 2.38. The van der Waals surface area contributed by atoms with Crippen LogP contribution >= 0.6 is 0 Å². The average molecular weight is 220 g/mol. The van der Waals surface area contributed by atoms with Crippen molar-refractivity contribution in [2.75, 3.05) is 0 Å². The number of hydrogen-bond acceptors (Lipinski definition) is 3. The summed E-state index contributed by atoms with van der Waals surface area (Å²) in [5.41, 5.74) is 1.25. The molecule has 84 valence electrons. The molecule has 1 aromatic rings. The zero-order valence-electron chi connectivity index (χ0n) is 9.06. The fraction of sp³-hybridized carbons (Fsp3) is 0.364. The Morgan fingerprint density at radius 1 is 1.38 bits per heavy atom. The topological polar surface area (TPSA) is 72.2 Å². The molecule has 1 aliphatic heterocycles. The van der Waals surface area contributed by atoms with Gasteiger partial charge in [0, 0.05) is 29.7 Å². The average Bonchev–Trinajstić information content (AvgIpc) is 2.25. The van der Waals surface area contributed by atoms with E-state index in [0.29, 0.717) is 5.56 Å². The Bertz CT molecular complexity index is 470. The molecule has 1 aliphatic rings. The predicted octanol–water partition coefficient (Wildman–Crippen LogP) is 1.83. The first-order valence-corrected chi connectivity index (χ1v) is 5.10. The van der Waals surface area contributed by atoms with Crippen LogP contribution in [0.3, 0.4) is 0 Å². The third kappa shape index (κ3) is 1.54. The van der Waals surface area contributed by atoms with Gasteiger partial charge in [-0.15, -0.1) is 0 Å². The van der Waals surface area contributed by atoms with Crippen molar-refractivity contribution < 1.29 is 9.72 Å². The summed E-state index contributed by atoms with van der Waals surface area (Å²) in [5, 5.41) is 13.4. The number of rotatable bonds is 1. The first kappa shape index (κ1) is 10.6. The number of hydrogen-bond donors (Lipinski definition) is 1. The largest absolute Gasteiger partial charge is 0.349 e. The van der Waals surface area contributed by atoms with Crippen LogP contribution in [0.2, 0.25) is 0 Å². The molecular formula is C11H12N2O3. The Morgan fingerprint density at radius 2 is 2.06 bits per heavy atom. The number of nitro groups is 1. The molecule has 1 heterocycles. The van der Waals surface area contributed by atoms with Crippen molar-refractivity contribution in [2.45, 2.75) is 25.8 Å². The standard InChI is InChI=1S/C11H12N2O3/c1-6-7(2)12-11(14)10-5-8(13(15)16)3-4-9(6)10/h3-7H,1-2H3,(H,12,14). The molecule has 0 saturated heterocycles. The number of amides is 1. The molecule has 0 aromatic heterocycles. The van der Waals surface area contributed by atoms with Crippen LogP contribution in [0.15, 0.2) is 18.2 Å². The van der Waals surface area contributed by atoms with Gasteiger partial charge in [-0.2, -0.15) is 0 Å². The molecule has 0 saturated carbocycles. The van der Waals surface area contributed by atoms with E-state index in [1.165, 1.54) is 12.1 Å². The van der Waals surface area contributed by atoms with E-state index in [4.69, 9.17) is 0 Å². The number of fused-ring (bicyclic) bond motifs is 1. The summed E-state index contributed by atoms with van der Waals surface area (Å²) in [5.74, 6) is -0.0576. The number of nitro benzene ring substituents is 1. The lowest BCUT2D eigenvalue weighted by atomic mass is 9.86. The molecule has 2 atom stereocenters. The lowest BCUT2D eigenvalue weighted by molar-refractivity contribution is -0.384. The van der Waals surface area contributed by atoms with E-state index in [-0.39, 0.29) is 23.6 Å². The number of carbonyl (C=O) groups is 1. The van der Waals surface area contributed by atoms with Gasteiger partial charge >= 0.3 is 0 Å². The van der Waals surface area contributed by atoms with Gasteiger partial charge in [0.25, 0.3) is 11.6 Å². The van der Waals surface area contributed by atoms with E-state index in [0.717, 1.165) is 5.56 Å². The third-order valence-electron chi connectivity index (χ3n) is 3.09. The van der Waals surface area contributed by atoms with E-state index >= 15 is 0 Å². The molecule has 1 N–H and O–H groups in total. The van der Waals surface area contributed by atoms with Crippen molar-refractivity contribution in [1.82, 2.24) is 5.32 Å². The van der Waals surface area contributed by atoms with Crippen molar-refractivity contribution in [3.63, 3.8) is 0 Å². The molecule has 5 nitrogen and oxygen atoms in total. The van der Waals surface area contributed by atoms with Crippen molar-refractivity contribution in [2.24, 2.45) is 0 Å². The Balaban J connectivity index is 2.54. The van der Waals surface area contributed by atoms with E-state index < -0.39 is 4.92 Å². The lowest BCUT2D eigenvalue weighted by Crippen LogP contribution is -2.41. The minimum Gasteiger partial charge on any atom is -0.349 e. The van der Waals surface area contributed by atoms with Crippen molar-refractivity contribution in [3.8, 4) is 0 Å². The van der Waals surface area contributed by atoms with Gasteiger partial charge in [0.1, 0.15) is 0 Å². The van der Waals surface area contributed by atoms with Gasteiger partial charge in [-0.3, -0.25) is 14.9 Å². The van der Waals surface area contributed by atoms with Gasteiger partial charge in [0.15, 0.2) is 0 Å². The van der Waals surface area contributed by atoms with Crippen LogP contribution in [0.1, 0.15) is 35.7 Å². The number of carbonyl (C=O) groups excluding carboxylic acids is 1. The molecule has 1 aromatic carbocycles. The number of nitrogens with zero attached hydrogens (tertiary/aromatic N) is 1. The van der Waals surface area contributed by atoms with Gasteiger partial charge in [-0.1, -0.05) is 13.0 Å². The van der Waals surface area contributed by atoms with Crippen molar-refractivity contribution in [1.29, 1.82) is 0 Å². The van der Waals surface area contributed by atoms with Crippen LogP contribution in [0.5, 0.6) is 0 Å². The van der Waals surface area contributed by atoms with Gasteiger partial charge in [-0.25, -0.2) is 0 Å². The second-order valence-corrected chi connectivity index (χ2v) is 4.08. The zero-order valence-corrected chi connectivity index (χ0v) is 9.06. The summed E-state index contributed by atoms with van der Waals surface area (Å²) in [7, 11) is 0. The maximum atomic E-state index is 11.7. The quantitative estimate of drug-likeness (QED) is 0.579. The molecule has 1 amide bonds. The summed E-state index contributed by atoms with van der Waals surface area (Å²) in [4.78, 5) is 21.8. The zero-order chi connectivity index (χ0) is 11.9. The van der Waals surface area contributed by atoms with Crippen molar-refractivity contribution >= 4 is 11.6 Å². The van der Waals surface area contributed by atoms with Gasteiger partial charge in [-0.05, 0) is 12.5 Å². The van der Waals surface area contributed by atoms with Crippen LogP contribution in [-0.2, 0) is 0 Å². The highest BCUT2D eigenvalue weighted by atomic mass is 16.6. The number of nitrogens with one attached hydrogen (secondary N) is 1. The fourth-order valence-electron chi connectivity index (χ4n) is 1.93. The highest BCUT2D eigenvalue weighted by Gasteiger charge is 2.29. The summed E-state index contributed by atoms with van der Waals surface area (Å²) in [6.45, 7) is 3.92. The normalized spacial score (nSPS) is 23.5. The summed E-state index contributed by atoms with van der Waals surface area (Å²) >= 11 is 0. The van der Waals surface area contributed by atoms with Gasteiger partial charge < -0.3 is 5.32 Å². The van der Waals surface area contributed by atoms with E-state index in [1.807, 2.05) is 13.8 Å². The molecule has 0 aliphatic carbocycles. The van der Waals surface area contributed by atoms with Crippen LogP contribution in [0.25, 0.3) is 0 Å². The molecule has 5 heteroatoms. The molecule has 0 bridgehead atoms. The molecule has 2 rings (SSSR count). The minimum absolute atomic E-state index is 0.0457. The van der Waals surface area contributed by atoms with Gasteiger partial charge in [0.2, 0.25) is 0 Å². The van der Waals surface area contributed by atoms with Crippen LogP contribution < -0.4 is 5.32 Å². The highest BCUT2D eigenvalue weighted by molar-refractivity contribution is 5.98. The fourth-order valence-corrected chi connectivity index (χ4v) is 1.93. The Morgan fingerprint density at radius 3 is 2.69 bits per heavy atom. The molecule has 0 radical (unpaired) electrons. The molecule has 16 heavy (non-hydrogen) atoms. The van der Waals surface area contributed by atoms with Crippen LogP contribution in [0, 0.1) is 10.1 Å². The molecule has 0 fully saturated rings. The van der Waals surface area contributed by atoms with Crippen LogP contribution in [0.4, 0.5) is 5.69 Å². The van der Waals surface area contributed by atoms with E-state index in [1.54, 1.807) is 6.07 Å². The Hall–Kier alpha value is -1.91. The monoisotopic (exact) mass is 220 g/mol. The van der Waals surface area contributed by atoms with Crippen molar-refractivity contribution in [3.05, 3.63) is 39.4 Å². The first-order chi connectivity index (χ1) is 7.50. The van der Waals surface area contributed by atoms with E-state index in [2.05, 4.69) is 5.32 Å².